The molecule has 1 saturated carbocycles. The van der Waals surface area contributed by atoms with Crippen LogP contribution in [0.2, 0.25) is 0 Å². The Hall–Kier alpha value is -1.19. The van der Waals surface area contributed by atoms with Crippen molar-refractivity contribution in [3.8, 4) is 0 Å². The number of amides is 1. The summed E-state index contributed by atoms with van der Waals surface area (Å²) in [6.45, 7) is 3.28. The molecular formula is C15H28N2O6S. The number of nitrogens with one attached hydrogen (secondary N) is 2. The molecule has 0 radical (unpaired) electrons. The number of carboxylic acids is 1. The Morgan fingerprint density at radius 3 is 2.38 bits per heavy atom. The predicted octanol–water partition coefficient (Wildman–Crippen LogP) is 0.482. The Labute approximate surface area is 143 Å². The second-order valence-electron chi connectivity index (χ2n) is 6.48. The molecule has 1 aliphatic carbocycles. The molecule has 1 aliphatic rings. The van der Waals surface area contributed by atoms with Gasteiger partial charge in [0.15, 0.2) is 0 Å². The molecule has 0 aromatic carbocycles. The molecule has 3 N–H and O–H groups in total. The van der Waals surface area contributed by atoms with E-state index in [0.29, 0.717) is 12.8 Å². The van der Waals surface area contributed by atoms with Crippen LogP contribution in [0.1, 0.15) is 46.0 Å². The van der Waals surface area contributed by atoms with Crippen molar-refractivity contribution in [2.75, 3.05) is 25.4 Å². The zero-order chi connectivity index (χ0) is 18.2. The summed E-state index contributed by atoms with van der Waals surface area (Å²) in [5, 5.41) is 12.0. The molecule has 0 aliphatic heterocycles. The van der Waals surface area contributed by atoms with Gasteiger partial charge >= 0.3 is 5.97 Å². The van der Waals surface area contributed by atoms with Gasteiger partial charge in [0.05, 0.1) is 30.4 Å². The first-order valence-electron chi connectivity index (χ1n) is 8.26. The van der Waals surface area contributed by atoms with Gasteiger partial charge in [0.2, 0.25) is 15.9 Å². The molecule has 0 unspecified atom stereocenters. The van der Waals surface area contributed by atoms with E-state index in [1.165, 1.54) is 0 Å². The zero-order valence-electron chi connectivity index (χ0n) is 14.3. The summed E-state index contributed by atoms with van der Waals surface area (Å²) in [5.41, 5.74) is -0.933. The lowest BCUT2D eigenvalue weighted by atomic mass is 9.74. The molecule has 8 nitrogen and oxygen atoms in total. The minimum atomic E-state index is -3.60. The molecule has 9 heteroatoms. The molecule has 0 bridgehead atoms. The number of carbonyl (C=O) groups is 2. The standard InChI is InChI=1S/C15H28N2O6S/c1-12(2)23-8-9-24(21,22)17-10-13(18)16-11-15(14(19)20)6-4-3-5-7-15/h12,17H,3-11H2,1-2H3,(H,16,18)(H,19,20). The lowest BCUT2D eigenvalue weighted by Gasteiger charge is -2.33. The first-order chi connectivity index (χ1) is 11.2. The lowest BCUT2D eigenvalue weighted by molar-refractivity contribution is -0.151. The monoisotopic (exact) mass is 364 g/mol. The fourth-order valence-electron chi connectivity index (χ4n) is 2.67. The molecule has 0 atom stereocenters. The molecule has 0 spiro atoms. The molecule has 24 heavy (non-hydrogen) atoms. The van der Waals surface area contributed by atoms with Gasteiger partial charge in [-0.2, -0.15) is 0 Å². The molecule has 1 rings (SSSR count). The van der Waals surface area contributed by atoms with Gasteiger partial charge in [0, 0.05) is 6.54 Å². The van der Waals surface area contributed by atoms with Gasteiger partial charge in [-0.05, 0) is 26.7 Å². The lowest BCUT2D eigenvalue weighted by Crippen LogP contribution is -2.47. The molecule has 1 fully saturated rings. The number of hydrogen-bond donors (Lipinski definition) is 3. The maximum atomic E-state index is 11.8. The highest BCUT2D eigenvalue weighted by Crippen LogP contribution is 2.35. The summed E-state index contributed by atoms with van der Waals surface area (Å²) >= 11 is 0. The first kappa shape index (κ1) is 20.9. The Bertz CT molecular complexity index is 526. The third kappa shape index (κ3) is 7.14. The molecule has 140 valence electrons. The first-order valence-corrected chi connectivity index (χ1v) is 9.91. The van der Waals surface area contributed by atoms with E-state index >= 15 is 0 Å². The topological polar surface area (TPSA) is 122 Å². The predicted molar refractivity (Wildman–Crippen MR) is 89.0 cm³/mol. The van der Waals surface area contributed by atoms with Gasteiger partial charge in [-0.3, -0.25) is 9.59 Å². The smallest absolute Gasteiger partial charge is 0.311 e. The van der Waals surface area contributed by atoms with E-state index in [2.05, 4.69) is 10.0 Å². The van der Waals surface area contributed by atoms with Crippen molar-refractivity contribution in [2.24, 2.45) is 5.41 Å². The van der Waals surface area contributed by atoms with E-state index in [0.717, 1.165) is 19.3 Å². The third-order valence-electron chi connectivity index (χ3n) is 4.14. The second kappa shape index (κ2) is 9.33. The highest BCUT2D eigenvalue weighted by atomic mass is 32.2. The van der Waals surface area contributed by atoms with Gasteiger partial charge in [0.25, 0.3) is 0 Å². The van der Waals surface area contributed by atoms with E-state index in [9.17, 15) is 23.1 Å². The Morgan fingerprint density at radius 2 is 1.83 bits per heavy atom. The SMILES string of the molecule is CC(C)OCCS(=O)(=O)NCC(=O)NCC1(C(=O)O)CCCCC1. The quantitative estimate of drug-likeness (QED) is 0.518. The van der Waals surface area contributed by atoms with Crippen molar-refractivity contribution < 1.29 is 27.9 Å². The molecule has 1 amide bonds. The Kier molecular flexibility index (Phi) is 8.11. The molecule has 0 saturated heterocycles. The molecule has 0 aromatic heterocycles. The van der Waals surface area contributed by atoms with Crippen LogP contribution in [0.25, 0.3) is 0 Å². The number of carbonyl (C=O) groups excluding carboxylic acids is 1. The highest BCUT2D eigenvalue weighted by Gasteiger charge is 2.39. The maximum Gasteiger partial charge on any atom is 0.311 e. The molecule has 0 heterocycles. The van der Waals surface area contributed by atoms with Crippen LogP contribution >= 0.6 is 0 Å². The van der Waals surface area contributed by atoms with Crippen molar-refractivity contribution in [1.82, 2.24) is 10.0 Å². The summed E-state index contributed by atoms with van der Waals surface area (Å²) in [4.78, 5) is 23.3. The molecular weight excluding hydrogens is 336 g/mol. The average molecular weight is 364 g/mol. The molecule has 0 aromatic rings. The highest BCUT2D eigenvalue weighted by molar-refractivity contribution is 7.89. The van der Waals surface area contributed by atoms with Gasteiger partial charge < -0.3 is 15.2 Å². The average Bonchev–Trinajstić information content (AvgIpc) is 2.51. The number of hydrogen-bond acceptors (Lipinski definition) is 5. The number of rotatable bonds is 10. The van der Waals surface area contributed by atoms with Crippen LogP contribution in [-0.2, 0) is 24.3 Å². The summed E-state index contributed by atoms with van der Waals surface area (Å²) in [7, 11) is -3.60. The van der Waals surface area contributed by atoms with Crippen LogP contribution in [0.4, 0.5) is 0 Å². The van der Waals surface area contributed by atoms with Gasteiger partial charge in [0.1, 0.15) is 0 Å². The Balaban J connectivity index is 2.38. The summed E-state index contributed by atoms with van der Waals surface area (Å²) in [5.74, 6) is -1.67. The number of carboxylic acid groups (broad SMARTS) is 1. The van der Waals surface area contributed by atoms with Crippen LogP contribution < -0.4 is 10.0 Å². The van der Waals surface area contributed by atoms with Crippen LogP contribution in [0.5, 0.6) is 0 Å². The van der Waals surface area contributed by atoms with E-state index < -0.39 is 33.9 Å². The van der Waals surface area contributed by atoms with Gasteiger partial charge in [-0.1, -0.05) is 19.3 Å². The summed E-state index contributed by atoms with van der Waals surface area (Å²) in [6.07, 6.45) is 3.64. The fraction of sp³-hybridized carbons (Fsp3) is 0.867. The van der Waals surface area contributed by atoms with Crippen molar-refractivity contribution in [3.63, 3.8) is 0 Å². The van der Waals surface area contributed by atoms with E-state index in [4.69, 9.17) is 4.74 Å². The minimum Gasteiger partial charge on any atom is -0.481 e. The van der Waals surface area contributed by atoms with Gasteiger partial charge in [-0.25, -0.2) is 13.1 Å². The van der Waals surface area contributed by atoms with E-state index in [1.807, 2.05) is 0 Å². The van der Waals surface area contributed by atoms with Crippen LogP contribution in [0, 0.1) is 5.41 Å². The number of ether oxygens (including phenoxy) is 1. The Morgan fingerprint density at radius 1 is 1.21 bits per heavy atom. The second-order valence-corrected chi connectivity index (χ2v) is 8.41. The normalized spacial score (nSPS) is 17.6. The van der Waals surface area contributed by atoms with Crippen LogP contribution in [0.3, 0.4) is 0 Å². The largest absolute Gasteiger partial charge is 0.481 e. The van der Waals surface area contributed by atoms with Crippen molar-refractivity contribution in [1.29, 1.82) is 0 Å². The van der Waals surface area contributed by atoms with Crippen molar-refractivity contribution in [3.05, 3.63) is 0 Å². The van der Waals surface area contributed by atoms with Crippen molar-refractivity contribution >= 4 is 21.9 Å². The van der Waals surface area contributed by atoms with Crippen molar-refractivity contribution in [2.45, 2.75) is 52.1 Å². The summed E-state index contributed by atoms with van der Waals surface area (Å²) in [6, 6.07) is 0. The fourth-order valence-corrected chi connectivity index (χ4v) is 3.48. The van der Waals surface area contributed by atoms with Crippen LogP contribution in [0.15, 0.2) is 0 Å². The zero-order valence-corrected chi connectivity index (χ0v) is 15.2. The maximum absolute atomic E-state index is 11.8. The van der Waals surface area contributed by atoms with Gasteiger partial charge in [-0.15, -0.1) is 0 Å². The number of sulfonamides is 1. The summed E-state index contributed by atoms with van der Waals surface area (Å²) < 4.78 is 30.8. The minimum absolute atomic E-state index is 0.0271. The van der Waals surface area contributed by atoms with Crippen LogP contribution in [-0.4, -0.2) is 57.0 Å². The third-order valence-corrected chi connectivity index (χ3v) is 5.43. The number of aliphatic carboxylic acids is 1. The van der Waals surface area contributed by atoms with E-state index in [1.54, 1.807) is 13.8 Å². The van der Waals surface area contributed by atoms with E-state index in [-0.39, 0.29) is 25.0 Å².